The Morgan fingerprint density at radius 2 is 2.27 bits per heavy atom. The molecule has 1 aromatic heterocycles. The van der Waals surface area contributed by atoms with Gasteiger partial charge in [-0.15, -0.1) is 0 Å². The highest BCUT2D eigenvalue weighted by molar-refractivity contribution is 9.10. The molecule has 1 aliphatic rings. The number of rotatable bonds is 4. The minimum absolute atomic E-state index is 0.525. The summed E-state index contributed by atoms with van der Waals surface area (Å²) in [6, 6.07) is 2.47. The van der Waals surface area contributed by atoms with Crippen LogP contribution >= 0.6 is 15.9 Å². The Morgan fingerprint density at radius 3 is 2.87 bits per heavy atom. The van der Waals surface area contributed by atoms with Crippen molar-refractivity contribution in [3.05, 3.63) is 16.5 Å². The van der Waals surface area contributed by atoms with Crippen LogP contribution in [0.25, 0.3) is 0 Å². The van der Waals surface area contributed by atoms with E-state index in [0.717, 1.165) is 28.6 Å². The second kappa shape index (κ2) is 4.47. The summed E-state index contributed by atoms with van der Waals surface area (Å²) in [6.07, 6.45) is 3.56. The lowest BCUT2D eigenvalue weighted by Gasteiger charge is -2.13. The molecule has 0 aliphatic heterocycles. The number of anilines is 1. The second-order valence-corrected chi connectivity index (χ2v) is 4.93. The number of nitrogens with one attached hydrogen (secondary N) is 1. The van der Waals surface area contributed by atoms with E-state index in [-0.39, 0.29) is 0 Å². The quantitative estimate of drug-likeness (QED) is 0.854. The van der Waals surface area contributed by atoms with Crippen LogP contribution in [0.2, 0.25) is 0 Å². The van der Waals surface area contributed by atoms with E-state index in [0.29, 0.717) is 6.04 Å². The van der Waals surface area contributed by atoms with E-state index in [1.54, 1.807) is 0 Å². The highest BCUT2D eigenvalue weighted by Gasteiger charge is 2.28. The van der Waals surface area contributed by atoms with Crippen LogP contribution in [0.5, 0.6) is 0 Å². The van der Waals surface area contributed by atoms with Crippen LogP contribution in [0.4, 0.5) is 5.82 Å². The standard InChI is InChI=1S/C11H16BrN3/c1-3-10-14-9(12)6-11(15-10)13-7(2)8-4-5-8/h6-8H,3-5H2,1-2H3,(H,13,14,15). The minimum Gasteiger partial charge on any atom is -0.367 e. The maximum atomic E-state index is 4.45. The molecule has 1 unspecified atom stereocenters. The first kappa shape index (κ1) is 10.9. The normalized spacial score (nSPS) is 17.5. The molecule has 1 saturated carbocycles. The van der Waals surface area contributed by atoms with Crippen molar-refractivity contribution in [2.75, 3.05) is 5.32 Å². The molecule has 0 bridgehead atoms. The van der Waals surface area contributed by atoms with Gasteiger partial charge in [-0.2, -0.15) is 0 Å². The van der Waals surface area contributed by atoms with Gasteiger partial charge in [0.1, 0.15) is 16.2 Å². The Bertz CT molecular complexity index is 350. The summed E-state index contributed by atoms with van der Waals surface area (Å²) in [5, 5.41) is 3.44. The van der Waals surface area contributed by atoms with Gasteiger partial charge in [0.15, 0.2) is 0 Å². The zero-order valence-corrected chi connectivity index (χ0v) is 10.7. The number of nitrogens with zero attached hydrogens (tertiary/aromatic N) is 2. The molecule has 2 rings (SSSR count). The van der Waals surface area contributed by atoms with Crippen molar-refractivity contribution in [1.82, 2.24) is 9.97 Å². The number of hydrogen-bond acceptors (Lipinski definition) is 3. The second-order valence-electron chi connectivity index (χ2n) is 4.12. The number of aryl methyl sites for hydroxylation is 1. The topological polar surface area (TPSA) is 37.8 Å². The van der Waals surface area contributed by atoms with Crippen molar-refractivity contribution in [3.8, 4) is 0 Å². The summed E-state index contributed by atoms with van der Waals surface area (Å²) < 4.78 is 0.861. The smallest absolute Gasteiger partial charge is 0.131 e. The lowest BCUT2D eigenvalue weighted by molar-refractivity contribution is 0.688. The minimum atomic E-state index is 0.525. The van der Waals surface area contributed by atoms with Crippen molar-refractivity contribution in [2.45, 2.75) is 39.2 Å². The fourth-order valence-corrected chi connectivity index (χ4v) is 2.07. The molecule has 1 N–H and O–H groups in total. The number of halogens is 1. The molecule has 0 spiro atoms. The van der Waals surface area contributed by atoms with Crippen molar-refractivity contribution in [2.24, 2.45) is 5.92 Å². The SMILES string of the molecule is CCc1nc(Br)cc(NC(C)C2CC2)n1. The third kappa shape index (κ3) is 2.91. The Labute approximate surface area is 98.8 Å². The van der Waals surface area contributed by atoms with Crippen molar-refractivity contribution >= 4 is 21.7 Å². The molecule has 1 fully saturated rings. The zero-order chi connectivity index (χ0) is 10.8. The molecule has 0 amide bonds. The van der Waals surface area contributed by atoms with Gasteiger partial charge in [0.05, 0.1) is 0 Å². The van der Waals surface area contributed by atoms with Crippen LogP contribution in [0.1, 0.15) is 32.5 Å². The third-order valence-corrected chi connectivity index (χ3v) is 3.17. The lowest BCUT2D eigenvalue weighted by atomic mass is 10.2. The molecule has 3 nitrogen and oxygen atoms in total. The predicted molar refractivity (Wildman–Crippen MR) is 64.9 cm³/mol. The molecule has 1 heterocycles. The Morgan fingerprint density at radius 1 is 1.53 bits per heavy atom. The van der Waals surface area contributed by atoms with E-state index in [9.17, 15) is 0 Å². The number of hydrogen-bond donors (Lipinski definition) is 1. The largest absolute Gasteiger partial charge is 0.367 e. The Kier molecular flexibility index (Phi) is 3.24. The Hall–Kier alpha value is -0.640. The van der Waals surface area contributed by atoms with Crippen molar-refractivity contribution < 1.29 is 0 Å². The highest BCUT2D eigenvalue weighted by Crippen LogP contribution is 2.33. The summed E-state index contributed by atoms with van der Waals surface area (Å²) in [5.41, 5.74) is 0. The van der Waals surface area contributed by atoms with E-state index in [1.165, 1.54) is 12.8 Å². The first-order valence-corrected chi connectivity index (χ1v) is 6.28. The first-order chi connectivity index (χ1) is 7.19. The van der Waals surface area contributed by atoms with Gasteiger partial charge in [0.25, 0.3) is 0 Å². The molecule has 82 valence electrons. The van der Waals surface area contributed by atoms with Crippen LogP contribution in [0.3, 0.4) is 0 Å². The van der Waals surface area contributed by atoms with E-state index in [4.69, 9.17) is 0 Å². The fraction of sp³-hybridized carbons (Fsp3) is 0.636. The van der Waals surface area contributed by atoms with Gasteiger partial charge in [0.2, 0.25) is 0 Å². The summed E-state index contributed by atoms with van der Waals surface area (Å²) >= 11 is 3.41. The van der Waals surface area contributed by atoms with Gasteiger partial charge in [-0.3, -0.25) is 0 Å². The Balaban J connectivity index is 2.08. The average Bonchev–Trinajstić information content (AvgIpc) is 2.99. The van der Waals surface area contributed by atoms with Crippen LogP contribution in [-0.2, 0) is 6.42 Å². The van der Waals surface area contributed by atoms with Crippen molar-refractivity contribution in [3.63, 3.8) is 0 Å². The molecule has 1 atom stereocenters. The molecule has 1 aliphatic carbocycles. The van der Waals surface area contributed by atoms with E-state index in [1.807, 2.05) is 6.07 Å². The molecule has 1 aromatic rings. The maximum absolute atomic E-state index is 4.45. The summed E-state index contributed by atoms with van der Waals surface area (Å²) in [7, 11) is 0. The van der Waals surface area contributed by atoms with Crippen molar-refractivity contribution in [1.29, 1.82) is 0 Å². The molecule has 0 radical (unpaired) electrons. The third-order valence-electron chi connectivity index (χ3n) is 2.76. The molecule has 0 aromatic carbocycles. The monoisotopic (exact) mass is 269 g/mol. The van der Waals surface area contributed by atoms with Gasteiger partial charge < -0.3 is 5.32 Å². The van der Waals surface area contributed by atoms with Gasteiger partial charge >= 0.3 is 0 Å². The van der Waals surface area contributed by atoms with E-state index in [2.05, 4.69) is 45.1 Å². The van der Waals surface area contributed by atoms with E-state index < -0.39 is 0 Å². The van der Waals surface area contributed by atoms with Crippen LogP contribution < -0.4 is 5.32 Å². The summed E-state index contributed by atoms with van der Waals surface area (Å²) in [6.45, 7) is 4.29. The van der Waals surface area contributed by atoms with Crippen LogP contribution in [-0.4, -0.2) is 16.0 Å². The molecular weight excluding hydrogens is 254 g/mol. The molecule has 15 heavy (non-hydrogen) atoms. The molecular formula is C11H16BrN3. The summed E-state index contributed by atoms with van der Waals surface area (Å²) in [4.78, 5) is 8.74. The molecule has 4 heteroatoms. The zero-order valence-electron chi connectivity index (χ0n) is 9.13. The van der Waals surface area contributed by atoms with Gasteiger partial charge in [-0.05, 0) is 41.6 Å². The van der Waals surface area contributed by atoms with Gasteiger partial charge in [-0.25, -0.2) is 9.97 Å². The predicted octanol–water partition coefficient (Wildman–Crippen LogP) is 3.01. The fourth-order valence-electron chi connectivity index (χ4n) is 1.64. The van der Waals surface area contributed by atoms with E-state index >= 15 is 0 Å². The van der Waals surface area contributed by atoms with Crippen LogP contribution in [0.15, 0.2) is 10.7 Å². The van der Waals surface area contributed by atoms with Gasteiger partial charge in [0, 0.05) is 18.5 Å². The maximum Gasteiger partial charge on any atom is 0.131 e. The van der Waals surface area contributed by atoms with Crippen LogP contribution in [0, 0.1) is 5.92 Å². The summed E-state index contributed by atoms with van der Waals surface area (Å²) in [5.74, 6) is 2.66. The van der Waals surface area contributed by atoms with Gasteiger partial charge in [-0.1, -0.05) is 6.92 Å². The first-order valence-electron chi connectivity index (χ1n) is 5.49. The number of aromatic nitrogens is 2. The highest BCUT2D eigenvalue weighted by atomic mass is 79.9. The molecule has 0 saturated heterocycles. The lowest BCUT2D eigenvalue weighted by Crippen LogP contribution is -2.18. The average molecular weight is 270 g/mol.